The number of hydrogen-bond donors (Lipinski definition) is 2. The third kappa shape index (κ3) is 3.42. The molecule has 0 aliphatic heterocycles. The molecule has 2 aromatic carbocycles. The Morgan fingerprint density at radius 3 is 2.60 bits per heavy atom. The number of amides is 1. The maximum absolute atomic E-state index is 12.9. The number of halogens is 1. The average molecular weight is 272 g/mol. The van der Waals surface area contributed by atoms with Crippen LogP contribution in [-0.2, 0) is 6.54 Å². The van der Waals surface area contributed by atoms with Gasteiger partial charge in [-0.2, -0.15) is 0 Å². The minimum Gasteiger partial charge on any atom is -0.346 e. The Morgan fingerprint density at radius 2 is 1.95 bits per heavy atom. The lowest BCUT2D eigenvalue weighted by Gasteiger charge is -2.14. The van der Waals surface area contributed by atoms with Crippen molar-refractivity contribution in [2.45, 2.75) is 19.5 Å². The van der Waals surface area contributed by atoms with Gasteiger partial charge < -0.3 is 11.1 Å². The normalized spacial score (nSPS) is 11.9. The van der Waals surface area contributed by atoms with Crippen LogP contribution in [0, 0.1) is 5.82 Å². The van der Waals surface area contributed by atoms with Crippen LogP contribution in [-0.4, -0.2) is 5.91 Å². The first kappa shape index (κ1) is 14.2. The first-order valence-corrected chi connectivity index (χ1v) is 6.45. The SMILES string of the molecule is CC(NC(=O)c1cccc(CN)c1)c1ccc(F)cc1. The first-order chi connectivity index (χ1) is 9.60. The van der Waals surface area contributed by atoms with Crippen LogP contribution >= 0.6 is 0 Å². The molecule has 0 spiro atoms. The number of hydrogen-bond acceptors (Lipinski definition) is 2. The number of nitrogens with two attached hydrogens (primary N) is 1. The molecule has 0 heterocycles. The molecule has 1 amide bonds. The van der Waals surface area contributed by atoms with E-state index in [0.717, 1.165) is 11.1 Å². The average Bonchev–Trinajstić information content (AvgIpc) is 2.47. The van der Waals surface area contributed by atoms with E-state index in [4.69, 9.17) is 5.73 Å². The summed E-state index contributed by atoms with van der Waals surface area (Å²) in [5, 5.41) is 2.88. The zero-order chi connectivity index (χ0) is 14.5. The van der Waals surface area contributed by atoms with Gasteiger partial charge in [-0.05, 0) is 42.3 Å². The summed E-state index contributed by atoms with van der Waals surface area (Å²) in [7, 11) is 0. The molecule has 3 N–H and O–H groups in total. The molecule has 3 nitrogen and oxygen atoms in total. The second kappa shape index (κ2) is 6.30. The lowest BCUT2D eigenvalue weighted by Crippen LogP contribution is -2.26. The Hall–Kier alpha value is -2.20. The van der Waals surface area contributed by atoms with Gasteiger partial charge in [0.05, 0.1) is 6.04 Å². The van der Waals surface area contributed by atoms with E-state index in [2.05, 4.69) is 5.32 Å². The molecule has 0 radical (unpaired) electrons. The second-order valence-corrected chi connectivity index (χ2v) is 4.65. The summed E-state index contributed by atoms with van der Waals surface area (Å²) in [4.78, 5) is 12.1. The molecule has 1 atom stereocenters. The molecule has 0 bridgehead atoms. The van der Waals surface area contributed by atoms with Crippen LogP contribution in [0.25, 0.3) is 0 Å². The second-order valence-electron chi connectivity index (χ2n) is 4.65. The molecular formula is C16H17FN2O. The molecular weight excluding hydrogens is 255 g/mol. The molecule has 0 saturated heterocycles. The summed E-state index contributed by atoms with van der Waals surface area (Å²) in [6.45, 7) is 2.26. The van der Waals surface area contributed by atoms with Crippen molar-refractivity contribution in [2.75, 3.05) is 0 Å². The summed E-state index contributed by atoms with van der Waals surface area (Å²) in [5.41, 5.74) is 7.89. The van der Waals surface area contributed by atoms with E-state index in [-0.39, 0.29) is 17.8 Å². The van der Waals surface area contributed by atoms with Gasteiger partial charge >= 0.3 is 0 Å². The lowest BCUT2D eigenvalue weighted by molar-refractivity contribution is 0.0940. The van der Waals surface area contributed by atoms with Crippen molar-refractivity contribution in [1.29, 1.82) is 0 Å². The Labute approximate surface area is 117 Å². The highest BCUT2D eigenvalue weighted by Gasteiger charge is 2.11. The quantitative estimate of drug-likeness (QED) is 0.899. The number of benzene rings is 2. The van der Waals surface area contributed by atoms with E-state index in [1.807, 2.05) is 13.0 Å². The van der Waals surface area contributed by atoms with E-state index in [1.165, 1.54) is 12.1 Å². The Kier molecular flexibility index (Phi) is 4.48. The fourth-order valence-corrected chi connectivity index (χ4v) is 1.95. The Balaban J connectivity index is 2.08. The Bertz CT molecular complexity index is 596. The van der Waals surface area contributed by atoms with E-state index < -0.39 is 0 Å². The topological polar surface area (TPSA) is 55.1 Å². The zero-order valence-corrected chi connectivity index (χ0v) is 11.3. The van der Waals surface area contributed by atoms with Gasteiger partial charge in [-0.3, -0.25) is 4.79 Å². The van der Waals surface area contributed by atoms with Crippen molar-refractivity contribution in [3.05, 3.63) is 71.0 Å². The Morgan fingerprint density at radius 1 is 1.25 bits per heavy atom. The third-order valence-corrected chi connectivity index (χ3v) is 3.14. The molecule has 0 aliphatic carbocycles. The zero-order valence-electron chi connectivity index (χ0n) is 11.3. The molecule has 0 aliphatic rings. The monoisotopic (exact) mass is 272 g/mol. The molecule has 0 aromatic heterocycles. The summed E-state index contributed by atoms with van der Waals surface area (Å²) in [6, 6.07) is 13.1. The van der Waals surface area contributed by atoms with E-state index in [1.54, 1.807) is 30.3 Å². The van der Waals surface area contributed by atoms with Gasteiger partial charge in [-0.1, -0.05) is 24.3 Å². The maximum Gasteiger partial charge on any atom is 0.251 e. The van der Waals surface area contributed by atoms with Crippen LogP contribution in [0.2, 0.25) is 0 Å². The summed E-state index contributed by atoms with van der Waals surface area (Å²) in [6.07, 6.45) is 0. The first-order valence-electron chi connectivity index (χ1n) is 6.45. The highest BCUT2D eigenvalue weighted by Crippen LogP contribution is 2.14. The fourth-order valence-electron chi connectivity index (χ4n) is 1.95. The third-order valence-electron chi connectivity index (χ3n) is 3.14. The van der Waals surface area contributed by atoms with E-state index >= 15 is 0 Å². The van der Waals surface area contributed by atoms with Crippen LogP contribution in [0.3, 0.4) is 0 Å². The highest BCUT2D eigenvalue weighted by molar-refractivity contribution is 5.94. The molecule has 2 rings (SSSR count). The van der Waals surface area contributed by atoms with Gasteiger partial charge in [0.1, 0.15) is 5.82 Å². The van der Waals surface area contributed by atoms with Gasteiger partial charge in [0.15, 0.2) is 0 Å². The van der Waals surface area contributed by atoms with Gasteiger partial charge in [-0.15, -0.1) is 0 Å². The van der Waals surface area contributed by atoms with Crippen molar-refractivity contribution in [3.8, 4) is 0 Å². The van der Waals surface area contributed by atoms with E-state index in [9.17, 15) is 9.18 Å². The summed E-state index contributed by atoms with van der Waals surface area (Å²) in [5.74, 6) is -0.458. The van der Waals surface area contributed by atoms with Gasteiger partial charge in [0.2, 0.25) is 0 Å². The lowest BCUT2D eigenvalue weighted by atomic mass is 10.1. The smallest absolute Gasteiger partial charge is 0.251 e. The summed E-state index contributed by atoms with van der Waals surface area (Å²) >= 11 is 0. The predicted molar refractivity (Wildman–Crippen MR) is 76.6 cm³/mol. The highest BCUT2D eigenvalue weighted by atomic mass is 19.1. The van der Waals surface area contributed by atoms with Crippen LogP contribution < -0.4 is 11.1 Å². The maximum atomic E-state index is 12.9. The van der Waals surface area contributed by atoms with Crippen molar-refractivity contribution >= 4 is 5.91 Å². The van der Waals surface area contributed by atoms with Crippen molar-refractivity contribution < 1.29 is 9.18 Å². The molecule has 104 valence electrons. The van der Waals surface area contributed by atoms with Gasteiger partial charge in [0, 0.05) is 12.1 Å². The number of carbonyl (C=O) groups is 1. The van der Waals surface area contributed by atoms with Crippen molar-refractivity contribution in [2.24, 2.45) is 5.73 Å². The summed E-state index contributed by atoms with van der Waals surface area (Å²) < 4.78 is 12.9. The van der Waals surface area contributed by atoms with Crippen molar-refractivity contribution in [1.82, 2.24) is 5.32 Å². The minimum atomic E-state index is -0.289. The number of rotatable bonds is 4. The van der Waals surface area contributed by atoms with Gasteiger partial charge in [-0.25, -0.2) is 4.39 Å². The predicted octanol–water partition coefficient (Wildman–Crippen LogP) is 2.78. The molecule has 4 heteroatoms. The van der Waals surface area contributed by atoms with Gasteiger partial charge in [0.25, 0.3) is 5.91 Å². The molecule has 0 saturated carbocycles. The number of nitrogens with one attached hydrogen (secondary N) is 1. The molecule has 0 fully saturated rings. The minimum absolute atomic E-state index is 0.169. The molecule has 1 unspecified atom stereocenters. The number of carbonyl (C=O) groups excluding carboxylic acids is 1. The van der Waals surface area contributed by atoms with Crippen LogP contribution in [0.1, 0.15) is 34.5 Å². The standard InChI is InChI=1S/C16H17FN2O/c1-11(13-5-7-15(17)8-6-13)19-16(20)14-4-2-3-12(9-14)10-18/h2-9,11H,10,18H2,1H3,(H,19,20). The largest absolute Gasteiger partial charge is 0.346 e. The van der Waals surface area contributed by atoms with Crippen LogP contribution in [0.15, 0.2) is 48.5 Å². The fraction of sp³-hybridized carbons (Fsp3) is 0.188. The van der Waals surface area contributed by atoms with E-state index in [0.29, 0.717) is 12.1 Å². The molecule has 20 heavy (non-hydrogen) atoms. The van der Waals surface area contributed by atoms with Crippen LogP contribution in [0.4, 0.5) is 4.39 Å². The van der Waals surface area contributed by atoms with Crippen molar-refractivity contribution in [3.63, 3.8) is 0 Å². The molecule has 2 aromatic rings. The van der Waals surface area contributed by atoms with Crippen LogP contribution in [0.5, 0.6) is 0 Å².